The van der Waals surface area contributed by atoms with E-state index in [1.54, 1.807) is 14.2 Å². The molecule has 0 rings (SSSR count). The van der Waals surface area contributed by atoms with Gasteiger partial charge >= 0.3 is 5.97 Å². The largest absolute Gasteiger partial charge is 0.481 e. The second-order valence-corrected chi connectivity index (χ2v) is 3.16. The number of carbonyl (C=O) groups excluding carboxylic acids is 1. The summed E-state index contributed by atoms with van der Waals surface area (Å²) in [5.74, 6) is -1.43. The van der Waals surface area contributed by atoms with Crippen molar-refractivity contribution in [2.24, 2.45) is 0 Å². The number of aliphatic carboxylic acids is 1. The molecule has 19 heavy (non-hydrogen) atoms. The van der Waals surface area contributed by atoms with Crippen LogP contribution in [0.4, 0.5) is 0 Å². The number of ether oxygens (including phenoxy) is 2. The minimum atomic E-state index is -0.995. The first-order valence-electron chi connectivity index (χ1n) is 5.24. The molecule has 0 radical (unpaired) electrons. The van der Waals surface area contributed by atoms with Crippen LogP contribution in [0.15, 0.2) is 0 Å². The van der Waals surface area contributed by atoms with E-state index in [2.05, 4.69) is 9.47 Å². The molecule has 0 saturated carbocycles. The molecule has 0 bridgehead atoms. The Labute approximate surface area is 113 Å². The molecule has 0 aliphatic rings. The monoisotopic (exact) mass is 286 g/mol. The van der Waals surface area contributed by atoms with Gasteiger partial charge in [0.2, 0.25) is 0 Å². The van der Waals surface area contributed by atoms with Crippen LogP contribution in [0.2, 0.25) is 0 Å². The predicted molar refractivity (Wildman–Crippen MR) is 68.7 cm³/mol. The normalized spacial score (nSPS) is 11.0. The molecule has 0 aromatic carbocycles. The molecule has 0 saturated heterocycles. The van der Waals surface area contributed by atoms with Crippen LogP contribution in [-0.4, -0.2) is 72.5 Å². The van der Waals surface area contributed by atoms with Crippen LogP contribution in [0.3, 0.4) is 0 Å². The lowest BCUT2D eigenvalue weighted by Crippen LogP contribution is -2.16. The third-order valence-electron chi connectivity index (χ3n) is 0.807. The third kappa shape index (κ3) is 79.7. The zero-order chi connectivity index (χ0) is 16.4. The Bertz CT molecular complexity index is 187. The van der Waals surface area contributed by atoms with Crippen molar-refractivity contribution in [1.82, 2.24) is 0 Å². The molecule has 0 aliphatic carbocycles. The smallest absolute Gasteiger partial charge is 0.334 e. The molecule has 0 heterocycles. The van der Waals surface area contributed by atoms with Crippen molar-refractivity contribution >= 4 is 11.9 Å². The van der Waals surface area contributed by atoms with E-state index in [0.717, 1.165) is 6.92 Å². The van der Waals surface area contributed by atoms with Gasteiger partial charge in [-0.1, -0.05) is 0 Å². The quantitative estimate of drug-likeness (QED) is 0.487. The van der Waals surface area contributed by atoms with E-state index in [9.17, 15) is 4.79 Å². The van der Waals surface area contributed by atoms with Crippen LogP contribution in [0.1, 0.15) is 20.8 Å². The average Bonchev–Trinajstić information content (AvgIpc) is 2.28. The number of methoxy groups -OCH3 is 2. The van der Waals surface area contributed by atoms with Gasteiger partial charge in [-0.25, -0.2) is 4.79 Å². The molecule has 0 fully saturated rings. The van der Waals surface area contributed by atoms with Gasteiger partial charge in [0.05, 0.1) is 19.8 Å². The van der Waals surface area contributed by atoms with Crippen molar-refractivity contribution < 1.29 is 39.5 Å². The van der Waals surface area contributed by atoms with E-state index in [1.807, 2.05) is 0 Å². The first-order chi connectivity index (χ1) is 8.60. The highest BCUT2D eigenvalue weighted by atomic mass is 16.5. The third-order valence-corrected chi connectivity index (χ3v) is 0.807. The second-order valence-electron chi connectivity index (χ2n) is 3.16. The Balaban J connectivity index is -0.0000000833. The topological polar surface area (TPSA) is 134 Å². The molecule has 2 unspecified atom stereocenters. The number of aliphatic hydroxyl groups is 3. The zero-order valence-corrected chi connectivity index (χ0v) is 12.3. The molecule has 0 aromatic rings. The summed E-state index contributed by atoms with van der Waals surface area (Å²) < 4.78 is 8.37. The highest BCUT2D eigenvalue weighted by Gasteiger charge is 2.05. The van der Waals surface area contributed by atoms with Crippen molar-refractivity contribution in [3.63, 3.8) is 0 Å². The molecule has 0 spiro atoms. The Morgan fingerprint density at radius 3 is 1.32 bits per heavy atom. The summed E-state index contributed by atoms with van der Waals surface area (Å²) in [6.45, 7) is 3.83. The fourth-order valence-corrected chi connectivity index (χ4v) is 0.171. The van der Waals surface area contributed by atoms with Gasteiger partial charge in [-0.05, 0) is 13.8 Å². The van der Waals surface area contributed by atoms with E-state index in [1.165, 1.54) is 21.0 Å². The molecule has 0 aromatic heterocycles. The number of aliphatic hydroxyl groups excluding tert-OH is 3. The molecule has 2 atom stereocenters. The lowest BCUT2D eigenvalue weighted by Gasteiger charge is -1.97. The zero-order valence-electron chi connectivity index (χ0n) is 12.3. The second kappa shape index (κ2) is 22.0. The summed E-state index contributed by atoms with van der Waals surface area (Å²) in [7, 11) is 4.48. The van der Waals surface area contributed by atoms with Gasteiger partial charge < -0.3 is 29.9 Å². The van der Waals surface area contributed by atoms with E-state index in [4.69, 9.17) is 25.2 Å². The summed E-state index contributed by atoms with van der Waals surface area (Å²) >= 11 is 0. The highest BCUT2D eigenvalue weighted by Crippen LogP contribution is 1.80. The van der Waals surface area contributed by atoms with Gasteiger partial charge in [0.25, 0.3) is 5.97 Å². The Kier molecular flexibility index (Phi) is 30.5. The maximum absolute atomic E-state index is 10.0. The molecule has 4 N–H and O–H groups in total. The lowest BCUT2D eigenvalue weighted by atomic mass is 10.4. The summed E-state index contributed by atoms with van der Waals surface area (Å²) in [5, 5.41) is 31.8. The predicted octanol–water partition coefficient (Wildman–Crippen LogP) is -0.747. The molecular formula is C11H26O8. The summed E-state index contributed by atoms with van der Waals surface area (Å²) in [5.41, 5.74) is 0. The average molecular weight is 286 g/mol. The molecule has 0 aliphatic heterocycles. The first kappa shape index (κ1) is 26.4. The number of hydrogen-bond acceptors (Lipinski definition) is 7. The van der Waals surface area contributed by atoms with Crippen molar-refractivity contribution in [3.05, 3.63) is 0 Å². The highest BCUT2D eigenvalue weighted by molar-refractivity contribution is 5.73. The van der Waals surface area contributed by atoms with Crippen LogP contribution >= 0.6 is 0 Å². The summed E-state index contributed by atoms with van der Waals surface area (Å²) in [4.78, 5) is 19.0. The fourth-order valence-electron chi connectivity index (χ4n) is 0.171. The fraction of sp³-hybridized carbons (Fsp3) is 0.818. The summed E-state index contributed by atoms with van der Waals surface area (Å²) in [6.07, 6.45) is -1.56. The van der Waals surface area contributed by atoms with Gasteiger partial charge in [0.15, 0.2) is 0 Å². The van der Waals surface area contributed by atoms with Crippen molar-refractivity contribution in [2.75, 3.05) is 27.9 Å². The first-order valence-corrected chi connectivity index (χ1v) is 5.24. The van der Waals surface area contributed by atoms with Crippen molar-refractivity contribution in [2.45, 2.75) is 33.0 Å². The maximum Gasteiger partial charge on any atom is 0.334 e. The number of carbonyl (C=O) groups is 2. The number of hydrogen-bond donors (Lipinski definition) is 4. The van der Waals surface area contributed by atoms with Gasteiger partial charge in [0, 0.05) is 21.1 Å². The minimum absolute atomic E-state index is 0.139. The van der Waals surface area contributed by atoms with E-state index in [-0.39, 0.29) is 6.61 Å². The van der Waals surface area contributed by atoms with Crippen LogP contribution < -0.4 is 0 Å². The Hall–Kier alpha value is -1.22. The van der Waals surface area contributed by atoms with E-state index in [0.29, 0.717) is 0 Å². The molecular weight excluding hydrogens is 260 g/mol. The van der Waals surface area contributed by atoms with Crippen LogP contribution in [0, 0.1) is 0 Å². The SMILES string of the molecule is CC(=O)O.CC(O)CO.COC.COC(=O)C(C)O. The van der Waals surface area contributed by atoms with Crippen LogP contribution in [0.25, 0.3) is 0 Å². The number of carboxylic acid groups (broad SMARTS) is 1. The van der Waals surface area contributed by atoms with E-state index >= 15 is 0 Å². The van der Waals surface area contributed by atoms with Crippen molar-refractivity contribution in [3.8, 4) is 0 Å². The molecule has 118 valence electrons. The maximum atomic E-state index is 10.0. The van der Waals surface area contributed by atoms with E-state index < -0.39 is 24.1 Å². The Morgan fingerprint density at radius 1 is 1.11 bits per heavy atom. The number of esters is 1. The number of carboxylic acids is 1. The standard InChI is InChI=1S/C4H8O3.C3H8O2.C2H4O2.C2H6O/c1-3(5)4(6)7-2;1-3(5)2-4;1-2(3)4;1-3-2/h3,5H,1-2H3;3-5H,2H2,1H3;1H3,(H,3,4);1-2H3. The summed E-state index contributed by atoms with van der Waals surface area (Å²) in [6, 6.07) is 0. The van der Waals surface area contributed by atoms with Crippen molar-refractivity contribution in [1.29, 1.82) is 0 Å². The Morgan fingerprint density at radius 2 is 1.32 bits per heavy atom. The van der Waals surface area contributed by atoms with Crippen LogP contribution in [-0.2, 0) is 19.1 Å². The molecule has 8 nitrogen and oxygen atoms in total. The minimum Gasteiger partial charge on any atom is -0.481 e. The lowest BCUT2D eigenvalue weighted by molar-refractivity contribution is -0.149. The van der Waals surface area contributed by atoms with Gasteiger partial charge in [-0.15, -0.1) is 0 Å². The van der Waals surface area contributed by atoms with Gasteiger partial charge in [-0.3, -0.25) is 4.79 Å². The molecule has 8 heteroatoms. The van der Waals surface area contributed by atoms with Crippen LogP contribution in [0.5, 0.6) is 0 Å². The van der Waals surface area contributed by atoms with Gasteiger partial charge in [-0.2, -0.15) is 0 Å². The number of rotatable bonds is 2. The molecule has 0 amide bonds. The van der Waals surface area contributed by atoms with Gasteiger partial charge in [0.1, 0.15) is 6.10 Å².